The second-order valence-corrected chi connectivity index (χ2v) is 8.95. The third kappa shape index (κ3) is 5.76. The number of nitroso groups, excluding NO2 is 1. The molecular formula is C24H27F3N4O2. The molecule has 2 heterocycles. The molecule has 1 saturated heterocycles. The molecule has 2 atom stereocenters. The van der Waals surface area contributed by atoms with E-state index < -0.39 is 23.8 Å². The highest BCUT2D eigenvalue weighted by Crippen LogP contribution is 2.31. The number of amides is 1. The number of halogens is 3. The van der Waals surface area contributed by atoms with Crippen molar-refractivity contribution in [1.29, 1.82) is 0 Å². The lowest BCUT2D eigenvalue weighted by Crippen LogP contribution is -2.46. The molecule has 1 fully saturated rings. The molecule has 1 aliphatic carbocycles. The van der Waals surface area contributed by atoms with E-state index in [0.717, 1.165) is 44.8 Å². The molecule has 2 unspecified atom stereocenters. The van der Waals surface area contributed by atoms with Crippen molar-refractivity contribution >= 4 is 5.91 Å². The van der Waals surface area contributed by atoms with Gasteiger partial charge in [-0.1, -0.05) is 29.4 Å². The summed E-state index contributed by atoms with van der Waals surface area (Å²) in [6.45, 7) is 2.09. The zero-order chi connectivity index (χ0) is 23.4. The van der Waals surface area contributed by atoms with Crippen LogP contribution in [0.25, 0.3) is 0 Å². The number of carbonyl (C=O) groups is 1. The summed E-state index contributed by atoms with van der Waals surface area (Å²) in [5, 5.41) is 6.13. The Morgan fingerprint density at radius 2 is 1.79 bits per heavy atom. The molecule has 0 bridgehead atoms. The Kier molecular flexibility index (Phi) is 7.07. The van der Waals surface area contributed by atoms with Gasteiger partial charge in [0.1, 0.15) is 0 Å². The minimum atomic E-state index is -4.52. The van der Waals surface area contributed by atoms with Crippen LogP contribution in [-0.2, 0) is 23.8 Å². The topological polar surface area (TPSA) is 74.7 Å². The maximum atomic E-state index is 12.9. The van der Waals surface area contributed by atoms with Gasteiger partial charge in [0, 0.05) is 19.2 Å². The minimum Gasteiger partial charge on any atom is -0.349 e. The van der Waals surface area contributed by atoms with Crippen molar-refractivity contribution in [3.8, 4) is 0 Å². The van der Waals surface area contributed by atoms with Crippen molar-refractivity contribution in [2.24, 2.45) is 11.1 Å². The van der Waals surface area contributed by atoms with Gasteiger partial charge in [0.2, 0.25) is 5.91 Å². The molecule has 1 aromatic heterocycles. The van der Waals surface area contributed by atoms with Crippen LogP contribution >= 0.6 is 0 Å². The molecule has 4 rings (SSSR count). The van der Waals surface area contributed by atoms with Crippen molar-refractivity contribution in [2.75, 3.05) is 19.6 Å². The van der Waals surface area contributed by atoms with E-state index in [1.165, 1.54) is 17.2 Å². The maximum Gasteiger partial charge on any atom is 0.417 e. The molecule has 2 aromatic rings. The number of hydrogen-bond donors (Lipinski definition) is 1. The largest absolute Gasteiger partial charge is 0.417 e. The first kappa shape index (κ1) is 23.4. The third-order valence-corrected chi connectivity index (χ3v) is 6.52. The molecule has 0 radical (unpaired) electrons. The van der Waals surface area contributed by atoms with Crippen molar-refractivity contribution in [3.05, 3.63) is 69.9 Å². The molecule has 33 heavy (non-hydrogen) atoms. The maximum absolute atomic E-state index is 12.9. The molecule has 1 aromatic carbocycles. The third-order valence-electron chi connectivity index (χ3n) is 6.52. The Balaban J connectivity index is 1.46. The Hall–Kier alpha value is -2.81. The van der Waals surface area contributed by atoms with Crippen molar-refractivity contribution in [1.82, 2.24) is 15.2 Å². The molecule has 0 spiro atoms. The summed E-state index contributed by atoms with van der Waals surface area (Å²) >= 11 is 0. The Morgan fingerprint density at radius 1 is 1.12 bits per heavy atom. The zero-order valence-corrected chi connectivity index (χ0v) is 18.2. The van der Waals surface area contributed by atoms with Gasteiger partial charge in [-0.25, -0.2) is 0 Å². The number of pyridine rings is 1. The van der Waals surface area contributed by atoms with Gasteiger partial charge >= 0.3 is 6.18 Å². The van der Waals surface area contributed by atoms with Gasteiger partial charge in [-0.2, -0.15) is 18.1 Å². The van der Waals surface area contributed by atoms with Gasteiger partial charge < -0.3 is 10.2 Å². The SMILES string of the molecule is O=NC(c1ccc(C(F)(F)F)cn1)C(CN1CCCC1)NC(=O)CC1Cc2ccccc2C1. The van der Waals surface area contributed by atoms with E-state index >= 15 is 0 Å². The number of fused-ring (bicyclic) bond motifs is 1. The van der Waals surface area contributed by atoms with Crippen molar-refractivity contribution < 1.29 is 18.0 Å². The second kappa shape index (κ2) is 9.99. The zero-order valence-electron chi connectivity index (χ0n) is 18.2. The lowest BCUT2D eigenvalue weighted by atomic mass is 9.99. The van der Waals surface area contributed by atoms with E-state index in [0.29, 0.717) is 19.2 Å². The molecule has 6 nitrogen and oxygen atoms in total. The van der Waals surface area contributed by atoms with E-state index in [4.69, 9.17) is 0 Å². The lowest BCUT2D eigenvalue weighted by molar-refractivity contribution is -0.137. The van der Waals surface area contributed by atoms with Crippen LogP contribution in [0.15, 0.2) is 47.8 Å². The van der Waals surface area contributed by atoms with Gasteiger partial charge in [0.05, 0.1) is 17.3 Å². The Labute approximate surface area is 190 Å². The molecule has 2 aliphatic rings. The lowest BCUT2D eigenvalue weighted by Gasteiger charge is -2.28. The predicted molar refractivity (Wildman–Crippen MR) is 117 cm³/mol. The normalized spacial score (nSPS) is 18.6. The van der Waals surface area contributed by atoms with Gasteiger partial charge in [-0.15, -0.1) is 0 Å². The summed E-state index contributed by atoms with van der Waals surface area (Å²) in [5.41, 5.74) is 1.74. The summed E-state index contributed by atoms with van der Waals surface area (Å²) in [7, 11) is 0. The predicted octanol–water partition coefficient (Wildman–Crippen LogP) is 4.29. The molecule has 1 aliphatic heterocycles. The first-order valence-electron chi connectivity index (χ1n) is 11.3. The number of nitrogens with one attached hydrogen (secondary N) is 1. The fourth-order valence-corrected chi connectivity index (χ4v) is 4.87. The van der Waals surface area contributed by atoms with E-state index in [1.807, 2.05) is 12.1 Å². The Bertz CT molecular complexity index is 949. The molecule has 1 amide bonds. The molecule has 0 saturated carbocycles. The number of alkyl halides is 3. The van der Waals surface area contributed by atoms with Gasteiger partial charge in [-0.05, 0) is 68.0 Å². The summed E-state index contributed by atoms with van der Waals surface area (Å²) in [5.74, 6) is -0.000708. The average Bonchev–Trinajstić information content (AvgIpc) is 3.43. The highest BCUT2D eigenvalue weighted by atomic mass is 19.4. The number of likely N-dealkylation sites (tertiary alicyclic amines) is 1. The number of nitrogens with zero attached hydrogens (tertiary/aromatic N) is 3. The van der Waals surface area contributed by atoms with E-state index in [-0.39, 0.29) is 17.5 Å². The summed E-state index contributed by atoms with van der Waals surface area (Å²) in [6.07, 6.45) is 0.219. The summed E-state index contributed by atoms with van der Waals surface area (Å²) < 4.78 is 38.7. The molecule has 9 heteroatoms. The number of aromatic nitrogens is 1. The standard InChI is InChI=1S/C24H27F3N4O2/c25-24(26,27)19-7-8-20(28-14-19)23(30-33)21(15-31-9-3-4-10-31)29-22(32)13-16-11-17-5-1-2-6-18(17)12-16/h1-2,5-8,14,16,21,23H,3-4,9-13,15H2,(H,29,32). The smallest absolute Gasteiger partial charge is 0.349 e. The van der Waals surface area contributed by atoms with Gasteiger partial charge in [0.15, 0.2) is 6.04 Å². The van der Waals surface area contributed by atoms with Crippen LogP contribution in [0.4, 0.5) is 13.2 Å². The first-order chi connectivity index (χ1) is 15.8. The van der Waals surface area contributed by atoms with Crippen molar-refractivity contribution in [3.63, 3.8) is 0 Å². The van der Waals surface area contributed by atoms with Crippen LogP contribution in [0, 0.1) is 10.8 Å². The van der Waals surface area contributed by atoms with Crippen LogP contribution in [0.1, 0.15) is 47.7 Å². The number of hydrogen-bond acceptors (Lipinski definition) is 5. The first-order valence-corrected chi connectivity index (χ1v) is 11.3. The molecule has 176 valence electrons. The fourth-order valence-electron chi connectivity index (χ4n) is 4.87. The quantitative estimate of drug-likeness (QED) is 0.597. The van der Waals surface area contributed by atoms with E-state index in [1.54, 1.807) is 0 Å². The van der Waals surface area contributed by atoms with Crippen LogP contribution in [0.5, 0.6) is 0 Å². The second-order valence-electron chi connectivity index (χ2n) is 8.95. The average molecular weight is 461 g/mol. The van der Waals surface area contributed by atoms with E-state index in [2.05, 4.69) is 32.5 Å². The van der Waals surface area contributed by atoms with Gasteiger partial charge in [-0.3, -0.25) is 9.78 Å². The fraction of sp³-hybridized carbons (Fsp3) is 0.500. The van der Waals surface area contributed by atoms with Crippen molar-refractivity contribution in [2.45, 2.75) is 50.4 Å². The molecule has 1 N–H and O–H groups in total. The van der Waals surface area contributed by atoms with Crippen LogP contribution in [-0.4, -0.2) is 41.5 Å². The highest BCUT2D eigenvalue weighted by molar-refractivity contribution is 5.77. The van der Waals surface area contributed by atoms with E-state index in [9.17, 15) is 22.9 Å². The van der Waals surface area contributed by atoms with Gasteiger partial charge in [0.25, 0.3) is 0 Å². The van der Waals surface area contributed by atoms with Crippen LogP contribution < -0.4 is 5.32 Å². The molecular weight excluding hydrogens is 433 g/mol. The monoisotopic (exact) mass is 460 g/mol. The number of rotatable bonds is 8. The minimum absolute atomic E-state index is 0.121. The number of benzene rings is 1. The van der Waals surface area contributed by atoms with Crippen LogP contribution in [0.3, 0.4) is 0 Å². The highest BCUT2D eigenvalue weighted by Gasteiger charge is 2.34. The number of carbonyl (C=O) groups excluding carboxylic acids is 1. The summed E-state index contributed by atoms with van der Waals surface area (Å²) in [4.78, 5) is 30.7. The summed E-state index contributed by atoms with van der Waals surface area (Å²) in [6, 6.07) is 8.46. The van der Waals surface area contributed by atoms with Crippen LogP contribution in [0.2, 0.25) is 0 Å². The Morgan fingerprint density at radius 3 is 2.33 bits per heavy atom.